The lowest BCUT2D eigenvalue weighted by Gasteiger charge is -2.32. The van der Waals surface area contributed by atoms with Crippen LogP contribution in [0.2, 0.25) is 0 Å². The number of hydrogen-bond donors (Lipinski definition) is 1. The van der Waals surface area contributed by atoms with Crippen LogP contribution in [0, 0.1) is 0 Å². The fourth-order valence-electron chi connectivity index (χ4n) is 4.71. The quantitative estimate of drug-likeness (QED) is 0.150. The van der Waals surface area contributed by atoms with Gasteiger partial charge in [-0.05, 0) is 37.1 Å². The zero-order valence-electron chi connectivity index (χ0n) is 27.8. The molecule has 2 unspecified atom stereocenters. The van der Waals surface area contributed by atoms with Crippen molar-refractivity contribution in [1.29, 1.82) is 0 Å². The van der Waals surface area contributed by atoms with Gasteiger partial charge in [-0.25, -0.2) is 0 Å². The van der Waals surface area contributed by atoms with Crippen molar-refractivity contribution in [3.05, 3.63) is 47.5 Å². The van der Waals surface area contributed by atoms with Crippen LogP contribution in [0.5, 0.6) is 23.0 Å². The third-order valence-electron chi connectivity index (χ3n) is 7.19. The van der Waals surface area contributed by atoms with Crippen LogP contribution in [-0.2, 0) is 39.8 Å². The van der Waals surface area contributed by atoms with Gasteiger partial charge in [0, 0.05) is 76.1 Å². The van der Waals surface area contributed by atoms with E-state index in [-0.39, 0.29) is 28.4 Å². The van der Waals surface area contributed by atoms with Crippen molar-refractivity contribution in [3.63, 3.8) is 0 Å². The fraction of sp³-hybridized carbons (Fsp3) is 0.536. The van der Waals surface area contributed by atoms with Crippen LogP contribution in [0.15, 0.2) is 36.4 Å². The van der Waals surface area contributed by atoms with E-state index in [0.717, 1.165) is 0 Å². The van der Waals surface area contributed by atoms with E-state index in [0.29, 0.717) is 18.6 Å². The van der Waals surface area contributed by atoms with Crippen molar-refractivity contribution in [2.45, 2.75) is 38.1 Å². The summed E-state index contributed by atoms with van der Waals surface area (Å²) in [4.78, 5) is 13.9. The first-order valence-corrected chi connectivity index (χ1v) is 19.2. The SMILES string of the molecule is CCC(Oc1ccc(C(=O)c2ccc(OC(CC)[Si](OC)(OC)OC)cc2O[Si](OC)(OC)OC)c(O)c1)[Si](OC)(OC)OC. The molecule has 0 aliphatic rings. The Kier molecular flexibility index (Phi) is 15.1. The molecule has 0 amide bonds. The largest absolute Gasteiger partial charge is 0.748 e. The summed E-state index contributed by atoms with van der Waals surface area (Å²) in [5.41, 5.74) is -1.09. The molecule has 2 aromatic carbocycles. The minimum absolute atomic E-state index is 0.0156. The third-order valence-corrected chi connectivity index (χ3v) is 15.2. The smallest absolute Gasteiger partial charge is 0.507 e. The number of phenols is 1. The van der Waals surface area contributed by atoms with Gasteiger partial charge in [0.15, 0.2) is 17.2 Å². The molecule has 14 nitrogen and oxygen atoms in total. The van der Waals surface area contributed by atoms with Gasteiger partial charge in [0.05, 0.1) is 11.1 Å². The molecular weight excluding hydrogens is 645 g/mol. The topological polar surface area (TPSA) is 148 Å². The summed E-state index contributed by atoms with van der Waals surface area (Å²) in [6, 6.07) is 8.93. The van der Waals surface area contributed by atoms with Gasteiger partial charge < -0.3 is 58.8 Å². The number of carbonyl (C=O) groups is 1. The Hall–Kier alpha value is -2.40. The van der Waals surface area contributed by atoms with Crippen molar-refractivity contribution in [1.82, 2.24) is 0 Å². The Morgan fingerprint density at radius 2 is 1.02 bits per heavy atom. The van der Waals surface area contributed by atoms with Gasteiger partial charge in [-0.15, -0.1) is 0 Å². The monoisotopic (exact) mass is 690 g/mol. The van der Waals surface area contributed by atoms with Gasteiger partial charge in [-0.3, -0.25) is 4.79 Å². The summed E-state index contributed by atoms with van der Waals surface area (Å²) in [5, 5.41) is 11.0. The first-order valence-electron chi connectivity index (χ1n) is 14.0. The van der Waals surface area contributed by atoms with E-state index < -0.39 is 43.9 Å². The maximum atomic E-state index is 13.9. The molecule has 0 heterocycles. The fourth-order valence-corrected chi connectivity index (χ4v) is 10.0. The second-order valence-electron chi connectivity index (χ2n) is 9.34. The molecule has 0 aromatic heterocycles. The molecule has 0 spiro atoms. The number of hydrogen-bond acceptors (Lipinski definition) is 14. The average molecular weight is 691 g/mol. The van der Waals surface area contributed by atoms with Crippen LogP contribution < -0.4 is 13.9 Å². The van der Waals surface area contributed by atoms with Crippen LogP contribution in [0.3, 0.4) is 0 Å². The summed E-state index contributed by atoms with van der Waals surface area (Å²) in [6.45, 7) is 3.79. The number of aromatic hydroxyl groups is 1. The number of benzene rings is 2. The lowest BCUT2D eigenvalue weighted by molar-refractivity contribution is 0.0501. The predicted octanol–water partition coefficient (Wildman–Crippen LogP) is 3.53. The van der Waals surface area contributed by atoms with Gasteiger partial charge in [-0.2, -0.15) is 0 Å². The summed E-state index contributed by atoms with van der Waals surface area (Å²) >= 11 is 0. The molecule has 0 aliphatic carbocycles. The van der Waals surface area contributed by atoms with Gasteiger partial charge in [0.25, 0.3) is 0 Å². The molecule has 2 rings (SSSR count). The summed E-state index contributed by atoms with van der Waals surface area (Å²) in [6.07, 6.45) is 1.000. The maximum Gasteiger partial charge on any atom is 0.748 e. The number of phenolic OH excluding ortho intramolecular Hbond substituents is 1. The molecule has 254 valence electrons. The Bertz CT molecular complexity index is 1200. The normalized spacial score (nSPS) is 13.8. The third kappa shape index (κ3) is 8.50. The molecule has 2 atom stereocenters. The van der Waals surface area contributed by atoms with Crippen LogP contribution in [-0.4, -0.2) is 113 Å². The lowest BCUT2D eigenvalue weighted by Crippen LogP contribution is -2.56. The molecule has 0 fully saturated rings. The van der Waals surface area contributed by atoms with E-state index in [1.54, 1.807) is 12.1 Å². The van der Waals surface area contributed by atoms with Crippen molar-refractivity contribution in [2.24, 2.45) is 0 Å². The Balaban J connectivity index is 2.56. The van der Waals surface area contributed by atoms with Crippen molar-refractivity contribution >= 4 is 32.4 Å². The minimum atomic E-state index is -3.73. The molecule has 1 N–H and O–H groups in total. The number of ketones is 1. The highest BCUT2D eigenvalue weighted by molar-refractivity contribution is 6.62. The zero-order valence-corrected chi connectivity index (χ0v) is 30.8. The lowest BCUT2D eigenvalue weighted by atomic mass is 10.0. The van der Waals surface area contributed by atoms with E-state index in [2.05, 4.69) is 0 Å². The number of carbonyl (C=O) groups excluding carboxylic acids is 1. The molecule has 0 saturated carbocycles. The highest BCUT2D eigenvalue weighted by Crippen LogP contribution is 2.35. The van der Waals surface area contributed by atoms with Gasteiger partial charge in [0.2, 0.25) is 0 Å². The maximum absolute atomic E-state index is 13.9. The second-order valence-corrected chi connectivity index (χ2v) is 17.9. The highest BCUT2D eigenvalue weighted by atomic mass is 28.4. The van der Waals surface area contributed by atoms with Crippen LogP contribution in [0.4, 0.5) is 0 Å². The predicted molar refractivity (Wildman–Crippen MR) is 168 cm³/mol. The Morgan fingerprint density at radius 1 is 0.622 bits per heavy atom. The van der Waals surface area contributed by atoms with Crippen molar-refractivity contribution < 1.29 is 63.6 Å². The van der Waals surface area contributed by atoms with E-state index in [9.17, 15) is 9.90 Å². The summed E-state index contributed by atoms with van der Waals surface area (Å²) in [7, 11) is 2.94. The molecule has 0 aliphatic heterocycles. The number of rotatable bonds is 21. The molecule has 45 heavy (non-hydrogen) atoms. The first kappa shape index (κ1) is 38.8. The summed E-state index contributed by atoms with van der Waals surface area (Å²) in [5.74, 6) is -0.241. The molecule has 0 radical (unpaired) electrons. The Morgan fingerprint density at radius 3 is 1.38 bits per heavy atom. The van der Waals surface area contributed by atoms with Crippen molar-refractivity contribution in [2.75, 3.05) is 64.0 Å². The molecular formula is C28H46O14Si3. The van der Waals surface area contributed by atoms with E-state index in [1.807, 2.05) is 13.8 Å². The first-order chi connectivity index (χ1) is 21.5. The van der Waals surface area contributed by atoms with E-state index >= 15 is 0 Å². The van der Waals surface area contributed by atoms with Gasteiger partial charge >= 0.3 is 26.7 Å². The van der Waals surface area contributed by atoms with E-state index in [1.165, 1.54) is 88.3 Å². The standard InChI is InChI=1S/C28H46O14Si3/c1-12-26(43(31-3,32-4)33-5)40-20-14-16-22(24(29)18-20)28(30)23-17-15-21(19-25(23)42-45(37-9,38-10)39-11)41-27(13-2)44(34-6,35-7)36-8/h14-19,26-27,29H,12-13H2,1-11H3. The molecule has 17 heteroatoms. The van der Waals surface area contributed by atoms with Crippen LogP contribution >= 0.6 is 0 Å². The molecule has 2 aromatic rings. The van der Waals surface area contributed by atoms with Gasteiger partial charge in [-0.1, -0.05) is 13.8 Å². The summed E-state index contributed by atoms with van der Waals surface area (Å²) < 4.78 is 68.2. The number of ether oxygens (including phenoxy) is 2. The van der Waals surface area contributed by atoms with Crippen LogP contribution in [0.25, 0.3) is 0 Å². The van der Waals surface area contributed by atoms with Crippen molar-refractivity contribution in [3.8, 4) is 23.0 Å². The van der Waals surface area contributed by atoms with Gasteiger partial charge in [0.1, 0.15) is 23.0 Å². The molecule has 0 saturated heterocycles. The average Bonchev–Trinajstić information content (AvgIpc) is 3.08. The Labute approximate surface area is 268 Å². The van der Waals surface area contributed by atoms with Crippen LogP contribution in [0.1, 0.15) is 42.6 Å². The second kappa shape index (κ2) is 17.5. The highest BCUT2D eigenvalue weighted by Gasteiger charge is 2.50. The molecule has 0 bridgehead atoms. The van der Waals surface area contributed by atoms with E-state index in [4.69, 9.17) is 53.7 Å². The minimum Gasteiger partial charge on any atom is -0.507 e. The zero-order chi connectivity index (χ0) is 33.8.